The summed E-state index contributed by atoms with van der Waals surface area (Å²) in [6.07, 6.45) is 1.91. The van der Waals surface area contributed by atoms with Crippen molar-refractivity contribution in [1.29, 1.82) is 0 Å². The second-order valence-corrected chi connectivity index (χ2v) is 8.53. The van der Waals surface area contributed by atoms with Gasteiger partial charge >= 0.3 is 0 Å². The highest BCUT2D eigenvalue weighted by molar-refractivity contribution is 5.98. The van der Waals surface area contributed by atoms with Gasteiger partial charge in [0.1, 0.15) is 5.69 Å². The highest BCUT2D eigenvalue weighted by Gasteiger charge is 2.29. The number of hydrogen-bond acceptors (Lipinski definition) is 3. The van der Waals surface area contributed by atoms with Gasteiger partial charge in [-0.05, 0) is 31.0 Å². The van der Waals surface area contributed by atoms with Gasteiger partial charge in [-0.3, -0.25) is 14.5 Å². The van der Waals surface area contributed by atoms with Gasteiger partial charge in [0.2, 0.25) is 5.91 Å². The molecule has 1 saturated heterocycles. The molecule has 0 radical (unpaired) electrons. The average Bonchev–Trinajstić information content (AvgIpc) is 3.28. The van der Waals surface area contributed by atoms with E-state index in [-0.39, 0.29) is 23.9 Å². The minimum absolute atomic E-state index is 0.0186. The van der Waals surface area contributed by atoms with Gasteiger partial charge in [0, 0.05) is 37.1 Å². The van der Waals surface area contributed by atoms with Crippen molar-refractivity contribution in [2.45, 2.75) is 38.8 Å². The summed E-state index contributed by atoms with van der Waals surface area (Å²) in [5.74, 6) is 0.0627. The van der Waals surface area contributed by atoms with Crippen molar-refractivity contribution in [2.75, 3.05) is 26.2 Å². The number of para-hydroxylation sites is 1. The van der Waals surface area contributed by atoms with Crippen molar-refractivity contribution in [3.05, 3.63) is 71.9 Å². The number of H-pyrrole nitrogens is 1. The van der Waals surface area contributed by atoms with Gasteiger partial charge in [-0.2, -0.15) is 0 Å². The summed E-state index contributed by atoms with van der Waals surface area (Å²) in [4.78, 5) is 33.2. The third kappa shape index (κ3) is 4.86. The Hall–Kier alpha value is -3.12. The number of hydrogen-bond donors (Lipinski definition) is 2. The second-order valence-electron chi connectivity index (χ2n) is 8.53. The van der Waals surface area contributed by atoms with Crippen molar-refractivity contribution in [3.63, 3.8) is 0 Å². The van der Waals surface area contributed by atoms with E-state index in [1.54, 1.807) is 0 Å². The quantitative estimate of drug-likeness (QED) is 0.594. The molecule has 1 aliphatic rings. The van der Waals surface area contributed by atoms with Crippen LogP contribution in [0.2, 0.25) is 0 Å². The van der Waals surface area contributed by atoms with E-state index in [2.05, 4.69) is 34.3 Å². The molecule has 2 atom stereocenters. The van der Waals surface area contributed by atoms with Gasteiger partial charge in [-0.25, -0.2) is 0 Å². The summed E-state index contributed by atoms with van der Waals surface area (Å²) in [5.41, 5.74) is 2.74. The maximum Gasteiger partial charge on any atom is 0.270 e. The Morgan fingerprint density at radius 1 is 1.00 bits per heavy atom. The zero-order valence-electron chi connectivity index (χ0n) is 18.9. The molecule has 1 aromatic heterocycles. The Bertz CT molecular complexity index is 1020. The molecule has 2 heterocycles. The van der Waals surface area contributed by atoms with Gasteiger partial charge in [0.25, 0.3) is 5.91 Å². The molecule has 3 aromatic rings. The van der Waals surface area contributed by atoms with Crippen LogP contribution >= 0.6 is 0 Å². The molecule has 0 bridgehead atoms. The molecule has 4 rings (SSSR count). The first kappa shape index (κ1) is 22.1. The highest BCUT2D eigenvalue weighted by atomic mass is 16.2. The first-order chi connectivity index (χ1) is 15.6. The van der Waals surface area contributed by atoms with Crippen LogP contribution in [0.3, 0.4) is 0 Å². The zero-order valence-corrected chi connectivity index (χ0v) is 18.9. The summed E-state index contributed by atoms with van der Waals surface area (Å²) in [5, 5.41) is 4.28. The number of amides is 2. The number of rotatable bonds is 7. The average molecular weight is 433 g/mol. The largest absolute Gasteiger partial charge is 0.351 e. The van der Waals surface area contributed by atoms with Crippen LogP contribution in [0.5, 0.6) is 0 Å². The monoisotopic (exact) mass is 432 g/mol. The van der Waals surface area contributed by atoms with Crippen LogP contribution in [0.1, 0.15) is 48.8 Å². The first-order valence-electron chi connectivity index (χ1n) is 11.5. The molecule has 32 heavy (non-hydrogen) atoms. The lowest BCUT2D eigenvalue weighted by atomic mass is 10.0. The molecule has 6 heteroatoms. The molecule has 2 unspecified atom stereocenters. The predicted octanol–water partition coefficient (Wildman–Crippen LogP) is 3.97. The van der Waals surface area contributed by atoms with E-state index in [4.69, 9.17) is 0 Å². The van der Waals surface area contributed by atoms with E-state index in [1.807, 2.05) is 60.4 Å². The number of benzene rings is 2. The Kier molecular flexibility index (Phi) is 6.90. The molecule has 1 aliphatic heterocycles. The Balaban J connectivity index is 1.33. The standard InChI is InChI=1S/C26H32N4O2/c1-3-9-22(20-10-5-4-6-11-20)28-25(31)19(2)29-14-16-30(17-15-29)26(32)24-18-21-12-7-8-13-23(21)27-24/h4-8,10-13,18-19,22,27H,3,9,14-17H2,1-2H3,(H,28,31). The molecule has 0 spiro atoms. The molecule has 2 N–H and O–H groups in total. The minimum atomic E-state index is -0.233. The number of nitrogens with one attached hydrogen (secondary N) is 2. The first-order valence-corrected chi connectivity index (χ1v) is 11.5. The fraction of sp³-hybridized carbons (Fsp3) is 0.385. The van der Waals surface area contributed by atoms with E-state index >= 15 is 0 Å². The molecular weight excluding hydrogens is 400 g/mol. The van der Waals surface area contributed by atoms with Gasteiger partial charge in [-0.15, -0.1) is 0 Å². The lowest BCUT2D eigenvalue weighted by molar-refractivity contribution is -0.127. The zero-order chi connectivity index (χ0) is 22.5. The van der Waals surface area contributed by atoms with Crippen molar-refractivity contribution < 1.29 is 9.59 Å². The number of carbonyl (C=O) groups excluding carboxylic acids is 2. The molecule has 2 amide bonds. The van der Waals surface area contributed by atoms with E-state index in [0.29, 0.717) is 31.9 Å². The van der Waals surface area contributed by atoms with E-state index in [1.165, 1.54) is 0 Å². The number of nitrogens with zero attached hydrogens (tertiary/aromatic N) is 2. The van der Waals surface area contributed by atoms with Crippen LogP contribution in [0.4, 0.5) is 0 Å². The summed E-state index contributed by atoms with van der Waals surface area (Å²) >= 11 is 0. The molecule has 0 aliphatic carbocycles. The van der Waals surface area contributed by atoms with E-state index in [0.717, 1.165) is 29.3 Å². The smallest absolute Gasteiger partial charge is 0.270 e. The number of aromatic nitrogens is 1. The number of piperazine rings is 1. The predicted molar refractivity (Wildman–Crippen MR) is 127 cm³/mol. The van der Waals surface area contributed by atoms with Crippen LogP contribution in [0.15, 0.2) is 60.7 Å². The van der Waals surface area contributed by atoms with Crippen LogP contribution < -0.4 is 5.32 Å². The molecule has 2 aromatic carbocycles. The number of aromatic amines is 1. The summed E-state index contributed by atoms with van der Waals surface area (Å²) < 4.78 is 0. The van der Waals surface area contributed by atoms with Crippen molar-refractivity contribution in [3.8, 4) is 0 Å². The molecule has 0 saturated carbocycles. The molecule has 1 fully saturated rings. The maximum atomic E-state index is 13.0. The van der Waals surface area contributed by atoms with Gasteiger partial charge in [-0.1, -0.05) is 61.9 Å². The maximum absolute atomic E-state index is 13.0. The second kappa shape index (κ2) is 10.0. The fourth-order valence-electron chi connectivity index (χ4n) is 4.43. The lowest BCUT2D eigenvalue weighted by Gasteiger charge is -2.37. The van der Waals surface area contributed by atoms with E-state index < -0.39 is 0 Å². The topological polar surface area (TPSA) is 68.4 Å². The SMILES string of the molecule is CCCC(NC(=O)C(C)N1CCN(C(=O)c2cc3ccccc3[nH]2)CC1)c1ccccc1. The van der Waals surface area contributed by atoms with Crippen molar-refractivity contribution >= 4 is 22.7 Å². The Morgan fingerprint density at radius 2 is 1.69 bits per heavy atom. The van der Waals surface area contributed by atoms with Crippen molar-refractivity contribution in [1.82, 2.24) is 20.1 Å². The lowest BCUT2D eigenvalue weighted by Crippen LogP contribution is -2.55. The summed E-state index contributed by atoms with van der Waals surface area (Å²) in [6, 6.07) is 19.8. The van der Waals surface area contributed by atoms with Crippen LogP contribution in [0.25, 0.3) is 10.9 Å². The fourth-order valence-corrected chi connectivity index (χ4v) is 4.43. The molecular formula is C26H32N4O2. The van der Waals surface area contributed by atoms with E-state index in [9.17, 15) is 9.59 Å². The third-order valence-electron chi connectivity index (χ3n) is 6.38. The Labute approximate surface area is 189 Å². The Morgan fingerprint density at radius 3 is 2.38 bits per heavy atom. The van der Waals surface area contributed by atoms with Gasteiger partial charge in [0.15, 0.2) is 0 Å². The number of carbonyl (C=O) groups is 2. The molecule has 168 valence electrons. The molecule has 6 nitrogen and oxygen atoms in total. The van der Waals surface area contributed by atoms with Crippen LogP contribution in [-0.4, -0.2) is 58.8 Å². The summed E-state index contributed by atoms with van der Waals surface area (Å²) in [7, 11) is 0. The third-order valence-corrected chi connectivity index (χ3v) is 6.38. The minimum Gasteiger partial charge on any atom is -0.351 e. The highest BCUT2D eigenvalue weighted by Crippen LogP contribution is 2.20. The van der Waals surface area contributed by atoms with Gasteiger partial charge in [0.05, 0.1) is 12.1 Å². The van der Waals surface area contributed by atoms with Crippen molar-refractivity contribution in [2.24, 2.45) is 0 Å². The van der Waals surface area contributed by atoms with Gasteiger partial charge < -0.3 is 15.2 Å². The normalized spacial score (nSPS) is 16.6. The van der Waals surface area contributed by atoms with Crippen LogP contribution in [-0.2, 0) is 4.79 Å². The van der Waals surface area contributed by atoms with Crippen LogP contribution in [0, 0.1) is 0 Å². The summed E-state index contributed by atoms with van der Waals surface area (Å²) in [6.45, 7) is 6.69. The number of fused-ring (bicyclic) bond motifs is 1.